The maximum absolute atomic E-state index is 13.3. The van der Waals surface area contributed by atoms with Crippen molar-refractivity contribution in [2.24, 2.45) is 0 Å². The number of fused-ring (bicyclic) bond motifs is 3. The van der Waals surface area contributed by atoms with Crippen molar-refractivity contribution in [3.63, 3.8) is 0 Å². The summed E-state index contributed by atoms with van der Waals surface area (Å²) in [5.74, 6) is 0.939. The van der Waals surface area contributed by atoms with Gasteiger partial charge in [0.15, 0.2) is 0 Å². The fourth-order valence-corrected chi connectivity index (χ4v) is 4.24. The van der Waals surface area contributed by atoms with E-state index < -0.39 is 0 Å². The van der Waals surface area contributed by atoms with Gasteiger partial charge >= 0.3 is 0 Å². The van der Waals surface area contributed by atoms with Gasteiger partial charge in [0, 0.05) is 17.6 Å². The van der Waals surface area contributed by atoms with E-state index >= 15 is 0 Å². The molecule has 0 radical (unpaired) electrons. The van der Waals surface area contributed by atoms with Gasteiger partial charge in [-0.1, -0.05) is 60.7 Å². The largest absolute Gasteiger partial charge is 0.489 e. The van der Waals surface area contributed by atoms with E-state index in [9.17, 15) is 4.79 Å². The zero-order chi connectivity index (χ0) is 20.3. The Balaban J connectivity index is 1.49. The predicted molar refractivity (Wildman–Crippen MR) is 119 cm³/mol. The van der Waals surface area contributed by atoms with Gasteiger partial charge in [0.2, 0.25) is 5.91 Å². The van der Waals surface area contributed by atoms with E-state index in [0.29, 0.717) is 19.6 Å². The van der Waals surface area contributed by atoms with Gasteiger partial charge < -0.3 is 10.1 Å². The molecule has 2 heterocycles. The van der Waals surface area contributed by atoms with E-state index in [0.717, 1.165) is 46.4 Å². The van der Waals surface area contributed by atoms with Crippen LogP contribution in [0.25, 0.3) is 10.9 Å². The van der Waals surface area contributed by atoms with Gasteiger partial charge in [-0.25, -0.2) is 0 Å². The summed E-state index contributed by atoms with van der Waals surface area (Å²) in [5, 5.41) is 4.54. The summed E-state index contributed by atoms with van der Waals surface area (Å²) in [6, 6.07) is 26.2. The lowest BCUT2D eigenvalue weighted by molar-refractivity contribution is 0.0915. The molecule has 3 aromatic carbocycles. The van der Waals surface area contributed by atoms with Gasteiger partial charge in [-0.05, 0) is 47.9 Å². The fraction of sp³-hybridized carbons (Fsp3) is 0.192. The Morgan fingerprint density at radius 2 is 1.67 bits per heavy atom. The lowest BCUT2D eigenvalue weighted by Crippen LogP contribution is -2.27. The Kier molecular flexibility index (Phi) is 5.08. The van der Waals surface area contributed by atoms with Crippen LogP contribution in [0, 0.1) is 0 Å². The fourth-order valence-electron chi connectivity index (χ4n) is 4.24. The second-order valence-electron chi connectivity index (χ2n) is 7.70. The van der Waals surface area contributed by atoms with Crippen LogP contribution in [0.2, 0.25) is 0 Å². The molecule has 4 heteroatoms. The molecule has 0 amide bonds. The zero-order valence-corrected chi connectivity index (χ0v) is 16.8. The lowest BCUT2D eigenvalue weighted by atomic mass is 10.0. The highest BCUT2D eigenvalue weighted by atomic mass is 16.5. The van der Waals surface area contributed by atoms with Gasteiger partial charge in [-0.3, -0.25) is 9.36 Å². The molecule has 0 spiro atoms. The zero-order valence-electron chi connectivity index (χ0n) is 16.8. The highest BCUT2D eigenvalue weighted by Crippen LogP contribution is 2.32. The first-order valence-corrected chi connectivity index (χ1v) is 10.4. The van der Waals surface area contributed by atoms with Gasteiger partial charge in [0.25, 0.3) is 0 Å². The number of rotatable bonds is 5. The predicted octanol–water partition coefficient (Wildman–Crippen LogP) is 4.75. The summed E-state index contributed by atoms with van der Waals surface area (Å²) in [4.78, 5) is 13.3. The van der Waals surface area contributed by atoms with Crippen molar-refractivity contribution in [1.82, 2.24) is 9.88 Å². The summed E-state index contributed by atoms with van der Waals surface area (Å²) in [6.45, 7) is 2.17. The quantitative estimate of drug-likeness (QED) is 0.529. The molecule has 0 saturated heterocycles. The molecule has 0 atom stereocenters. The maximum Gasteiger partial charge on any atom is 0.235 e. The number of nitrogens with one attached hydrogen (secondary N) is 1. The number of nitrogens with zero attached hydrogens (tertiary/aromatic N) is 1. The van der Waals surface area contributed by atoms with Crippen molar-refractivity contribution in [1.29, 1.82) is 0 Å². The number of hydrogen-bond donors (Lipinski definition) is 1. The summed E-state index contributed by atoms with van der Waals surface area (Å²) >= 11 is 0. The van der Waals surface area contributed by atoms with Gasteiger partial charge in [-0.2, -0.15) is 0 Å². The number of aromatic nitrogens is 1. The molecule has 30 heavy (non-hydrogen) atoms. The van der Waals surface area contributed by atoms with Crippen LogP contribution < -0.4 is 10.1 Å². The third kappa shape index (κ3) is 3.62. The minimum absolute atomic E-state index is 0.106. The Bertz CT molecular complexity index is 1180. The smallest absolute Gasteiger partial charge is 0.235 e. The molecular weight excluding hydrogens is 372 g/mol. The molecule has 1 aromatic heterocycles. The standard InChI is InChI=1S/C26H24N2O2/c29-26(15-19-7-3-1-4-8-19)28-24-12-11-21(30-18-20-9-5-2-6-10-20)16-23(24)22-13-14-27-17-25(22)28/h1-12,16,27H,13-15,17-18H2. The molecule has 150 valence electrons. The maximum atomic E-state index is 13.3. The summed E-state index contributed by atoms with van der Waals surface area (Å²) < 4.78 is 7.95. The first kappa shape index (κ1) is 18.6. The molecule has 0 bridgehead atoms. The summed E-state index contributed by atoms with van der Waals surface area (Å²) in [5.41, 5.74) is 5.48. The van der Waals surface area contributed by atoms with Gasteiger partial charge in [0.05, 0.1) is 11.9 Å². The van der Waals surface area contributed by atoms with Crippen LogP contribution in [-0.2, 0) is 26.0 Å². The molecule has 1 aliphatic heterocycles. The third-order valence-corrected chi connectivity index (χ3v) is 5.69. The Morgan fingerprint density at radius 3 is 2.43 bits per heavy atom. The molecule has 4 aromatic rings. The van der Waals surface area contributed by atoms with Crippen LogP contribution in [0.1, 0.15) is 27.2 Å². The summed E-state index contributed by atoms with van der Waals surface area (Å²) in [7, 11) is 0. The van der Waals surface area contributed by atoms with Crippen LogP contribution in [0.15, 0.2) is 78.9 Å². The average molecular weight is 396 g/mol. The molecular formula is C26H24N2O2. The number of benzene rings is 3. The minimum atomic E-state index is 0.106. The topological polar surface area (TPSA) is 43.3 Å². The van der Waals surface area contributed by atoms with E-state index in [1.54, 1.807) is 0 Å². The normalized spacial score (nSPS) is 13.2. The van der Waals surface area contributed by atoms with Crippen LogP contribution in [0.5, 0.6) is 5.75 Å². The molecule has 0 aliphatic carbocycles. The highest BCUT2D eigenvalue weighted by molar-refractivity contribution is 5.97. The number of carbonyl (C=O) groups excluding carboxylic acids is 1. The molecule has 1 aliphatic rings. The second kappa shape index (κ2) is 8.17. The van der Waals surface area contributed by atoms with E-state index in [4.69, 9.17) is 4.74 Å². The van der Waals surface area contributed by atoms with Crippen LogP contribution >= 0.6 is 0 Å². The second-order valence-corrected chi connectivity index (χ2v) is 7.70. The van der Waals surface area contributed by atoms with Crippen molar-refractivity contribution in [2.45, 2.75) is 26.0 Å². The van der Waals surface area contributed by atoms with Gasteiger partial charge in [-0.15, -0.1) is 0 Å². The third-order valence-electron chi connectivity index (χ3n) is 5.69. The van der Waals surface area contributed by atoms with E-state index in [-0.39, 0.29) is 5.91 Å². The van der Waals surface area contributed by atoms with E-state index in [1.165, 1.54) is 5.56 Å². The molecule has 0 unspecified atom stereocenters. The SMILES string of the molecule is O=C(Cc1ccccc1)n1c2c(c3cc(OCc4ccccc4)ccc31)CCNC2. The molecule has 1 N–H and O–H groups in total. The lowest BCUT2D eigenvalue weighted by Gasteiger charge is -2.16. The van der Waals surface area contributed by atoms with Crippen molar-refractivity contribution in [3.05, 3.63) is 101 Å². The molecule has 5 rings (SSSR count). The van der Waals surface area contributed by atoms with Crippen LogP contribution in [-0.4, -0.2) is 17.0 Å². The Labute approximate surface area is 176 Å². The van der Waals surface area contributed by atoms with Crippen LogP contribution in [0.3, 0.4) is 0 Å². The Hall–Kier alpha value is -3.37. The number of hydrogen-bond acceptors (Lipinski definition) is 3. The van der Waals surface area contributed by atoms with Crippen molar-refractivity contribution < 1.29 is 9.53 Å². The molecule has 0 saturated carbocycles. The van der Waals surface area contributed by atoms with Crippen molar-refractivity contribution in [3.8, 4) is 5.75 Å². The van der Waals surface area contributed by atoms with E-state index in [2.05, 4.69) is 23.5 Å². The van der Waals surface area contributed by atoms with Crippen LogP contribution in [0.4, 0.5) is 0 Å². The first-order valence-electron chi connectivity index (χ1n) is 10.4. The first-order chi connectivity index (χ1) is 14.8. The minimum Gasteiger partial charge on any atom is -0.489 e. The number of ether oxygens (including phenoxy) is 1. The number of carbonyl (C=O) groups is 1. The highest BCUT2D eigenvalue weighted by Gasteiger charge is 2.23. The van der Waals surface area contributed by atoms with Crippen molar-refractivity contribution >= 4 is 16.8 Å². The van der Waals surface area contributed by atoms with E-state index in [1.807, 2.05) is 65.2 Å². The molecule has 4 nitrogen and oxygen atoms in total. The average Bonchev–Trinajstić information content (AvgIpc) is 3.13. The summed E-state index contributed by atoms with van der Waals surface area (Å²) in [6.07, 6.45) is 1.31. The monoisotopic (exact) mass is 396 g/mol. The van der Waals surface area contributed by atoms with Gasteiger partial charge in [0.1, 0.15) is 12.4 Å². The molecule has 0 fully saturated rings. The Morgan fingerprint density at radius 1 is 0.933 bits per heavy atom. The van der Waals surface area contributed by atoms with Crippen molar-refractivity contribution in [2.75, 3.05) is 6.54 Å².